The summed E-state index contributed by atoms with van der Waals surface area (Å²) in [5, 5.41) is 9.88. The van der Waals surface area contributed by atoms with E-state index in [1.165, 1.54) is 0 Å². The molecule has 0 saturated heterocycles. The van der Waals surface area contributed by atoms with E-state index in [4.69, 9.17) is 4.74 Å². The number of ether oxygens (including phenoxy) is 1. The van der Waals surface area contributed by atoms with Gasteiger partial charge in [-0.25, -0.2) is 0 Å². The van der Waals surface area contributed by atoms with E-state index in [0.717, 1.165) is 25.7 Å². The van der Waals surface area contributed by atoms with Gasteiger partial charge in [-0.15, -0.1) is 0 Å². The van der Waals surface area contributed by atoms with Crippen LogP contribution in [-0.4, -0.2) is 23.8 Å². The van der Waals surface area contributed by atoms with Gasteiger partial charge < -0.3 is 9.84 Å². The largest absolute Gasteiger partial charge is 0.466 e. The summed E-state index contributed by atoms with van der Waals surface area (Å²) in [6.45, 7) is 4.21. The first-order chi connectivity index (χ1) is 6.70. The molecule has 1 fully saturated rings. The van der Waals surface area contributed by atoms with Gasteiger partial charge in [0.2, 0.25) is 0 Å². The molecule has 0 amide bonds. The van der Waals surface area contributed by atoms with Crippen LogP contribution in [0, 0.1) is 11.8 Å². The molecule has 1 aliphatic carbocycles. The van der Waals surface area contributed by atoms with Crippen molar-refractivity contribution in [3.63, 3.8) is 0 Å². The second-order valence-corrected chi connectivity index (χ2v) is 3.98. The average Bonchev–Trinajstić information content (AvgIpc) is 2.96. The number of hydrogen-bond acceptors (Lipinski definition) is 3. The molecule has 3 heteroatoms. The molecular weight excluding hydrogens is 180 g/mol. The summed E-state index contributed by atoms with van der Waals surface area (Å²) < 4.78 is 4.96. The summed E-state index contributed by atoms with van der Waals surface area (Å²) in [5.74, 6) is -0.183. The molecule has 0 aliphatic heterocycles. The Morgan fingerprint density at radius 3 is 2.57 bits per heavy atom. The van der Waals surface area contributed by atoms with Crippen molar-refractivity contribution in [1.29, 1.82) is 0 Å². The van der Waals surface area contributed by atoms with E-state index in [0.29, 0.717) is 12.5 Å². The second kappa shape index (κ2) is 5.35. The Kier molecular flexibility index (Phi) is 4.39. The number of carbonyl (C=O) groups is 1. The van der Waals surface area contributed by atoms with Crippen LogP contribution in [0.2, 0.25) is 0 Å². The summed E-state index contributed by atoms with van der Waals surface area (Å²) >= 11 is 0. The third kappa shape index (κ3) is 2.98. The lowest BCUT2D eigenvalue weighted by Crippen LogP contribution is -2.31. The quantitative estimate of drug-likeness (QED) is 0.664. The molecule has 0 bridgehead atoms. The lowest BCUT2D eigenvalue weighted by Gasteiger charge is -2.20. The first kappa shape index (κ1) is 11.5. The minimum absolute atomic E-state index is 0.228. The highest BCUT2D eigenvalue weighted by molar-refractivity contribution is 5.73. The van der Waals surface area contributed by atoms with Crippen LogP contribution in [0.15, 0.2) is 0 Å². The molecule has 0 spiro atoms. The monoisotopic (exact) mass is 200 g/mol. The van der Waals surface area contributed by atoms with E-state index in [1.54, 1.807) is 6.92 Å². The highest BCUT2D eigenvalue weighted by Gasteiger charge is 2.38. The zero-order chi connectivity index (χ0) is 10.6. The van der Waals surface area contributed by atoms with E-state index >= 15 is 0 Å². The Morgan fingerprint density at radius 2 is 2.14 bits per heavy atom. The van der Waals surface area contributed by atoms with Gasteiger partial charge in [0.25, 0.3) is 0 Å². The Labute approximate surface area is 85.5 Å². The molecular formula is C11H20O3. The van der Waals surface area contributed by atoms with Crippen molar-refractivity contribution in [1.82, 2.24) is 0 Å². The van der Waals surface area contributed by atoms with Crippen molar-refractivity contribution in [3.05, 3.63) is 0 Å². The fourth-order valence-corrected chi connectivity index (χ4v) is 1.75. The topological polar surface area (TPSA) is 46.5 Å². The van der Waals surface area contributed by atoms with Gasteiger partial charge in [0.1, 0.15) is 0 Å². The molecule has 1 aliphatic rings. The minimum atomic E-state index is -0.478. The standard InChI is InChI=1S/C11H20O3/c1-3-5-9(11(13)14-4-2)10(12)8-6-7-8/h8-10,12H,3-7H2,1-2H3. The number of esters is 1. The van der Waals surface area contributed by atoms with Gasteiger partial charge in [0, 0.05) is 0 Å². The minimum Gasteiger partial charge on any atom is -0.466 e. The summed E-state index contributed by atoms with van der Waals surface area (Å²) in [7, 11) is 0. The number of hydrogen-bond donors (Lipinski definition) is 1. The van der Waals surface area contributed by atoms with E-state index in [2.05, 4.69) is 0 Å². The van der Waals surface area contributed by atoms with Crippen molar-refractivity contribution in [2.75, 3.05) is 6.61 Å². The highest BCUT2D eigenvalue weighted by Crippen LogP contribution is 2.37. The predicted octanol–water partition coefficient (Wildman–Crippen LogP) is 1.74. The van der Waals surface area contributed by atoms with E-state index in [-0.39, 0.29) is 11.9 Å². The summed E-state index contributed by atoms with van der Waals surface area (Å²) in [6.07, 6.45) is 3.28. The van der Waals surface area contributed by atoms with Crippen molar-refractivity contribution in [2.45, 2.75) is 45.6 Å². The van der Waals surface area contributed by atoms with Gasteiger partial charge in [-0.05, 0) is 32.1 Å². The summed E-state index contributed by atoms with van der Waals surface area (Å²) in [5.41, 5.74) is 0. The normalized spacial score (nSPS) is 20.2. The lowest BCUT2D eigenvalue weighted by molar-refractivity contribution is -0.153. The van der Waals surface area contributed by atoms with E-state index in [9.17, 15) is 9.90 Å². The molecule has 3 nitrogen and oxygen atoms in total. The van der Waals surface area contributed by atoms with Crippen molar-refractivity contribution < 1.29 is 14.6 Å². The van der Waals surface area contributed by atoms with Crippen LogP contribution in [0.1, 0.15) is 39.5 Å². The molecule has 1 saturated carbocycles. The molecule has 1 N–H and O–H groups in total. The molecule has 82 valence electrons. The SMILES string of the molecule is CCCC(C(=O)OCC)C(O)C1CC1. The number of rotatable bonds is 6. The maximum Gasteiger partial charge on any atom is 0.311 e. The molecule has 0 aromatic heterocycles. The van der Waals surface area contributed by atoms with Crippen molar-refractivity contribution >= 4 is 5.97 Å². The molecule has 0 radical (unpaired) electrons. The number of aliphatic hydroxyl groups excluding tert-OH is 1. The Hall–Kier alpha value is -0.570. The molecule has 0 aromatic rings. The smallest absolute Gasteiger partial charge is 0.311 e. The van der Waals surface area contributed by atoms with Gasteiger partial charge in [-0.3, -0.25) is 4.79 Å². The first-order valence-corrected chi connectivity index (χ1v) is 5.55. The van der Waals surface area contributed by atoms with E-state index in [1.807, 2.05) is 6.92 Å². The van der Waals surface area contributed by atoms with Gasteiger partial charge in [0.15, 0.2) is 0 Å². The zero-order valence-corrected chi connectivity index (χ0v) is 9.03. The molecule has 0 heterocycles. The Morgan fingerprint density at radius 1 is 1.50 bits per heavy atom. The number of carbonyl (C=O) groups excluding carboxylic acids is 1. The molecule has 14 heavy (non-hydrogen) atoms. The van der Waals surface area contributed by atoms with Crippen LogP contribution in [-0.2, 0) is 9.53 Å². The fourth-order valence-electron chi connectivity index (χ4n) is 1.75. The molecule has 2 atom stereocenters. The Bertz CT molecular complexity index is 187. The molecule has 1 rings (SSSR count). The van der Waals surface area contributed by atoms with Crippen LogP contribution in [0.4, 0.5) is 0 Å². The summed E-state index contributed by atoms with van der Waals surface area (Å²) in [6, 6.07) is 0. The van der Waals surface area contributed by atoms with Gasteiger partial charge in [-0.2, -0.15) is 0 Å². The summed E-state index contributed by atoms with van der Waals surface area (Å²) in [4.78, 5) is 11.5. The van der Waals surface area contributed by atoms with Gasteiger partial charge >= 0.3 is 5.97 Å². The van der Waals surface area contributed by atoms with Gasteiger partial charge in [-0.1, -0.05) is 13.3 Å². The van der Waals surface area contributed by atoms with Gasteiger partial charge in [0.05, 0.1) is 18.6 Å². The van der Waals surface area contributed by atoms with Crippen LogP contribution in [0.5, 0.6) is 0 Å². The predicted molar refractivity (Wildman–Crippen MR) is 53.8 cm³/mol. The van der Waals surface area contributed by atoms with Crippen LogP contribution in [0.3, 0.4) is 0 Å². The van der Waals surface area contributed by atoms with Crippen LogP contribution in [0.25, 0.3) is 0 Å². The third-order valence-electron chi connectivity index (χ3n) is 2.71. The third-order valence-corrected chi connectivity index (χ3v) is 2.71. The molecule has 0 aromatic carbocycles. The van der Waals surface area contributed by atoms with Crippen molar-refractivity contribution in [3.8, 4) is 0 Å². The van der Waals surface area contributed by atoms with Crippen LogP contribution < -0.4 is 0 Å². The van der Waals surface area contributed by atoms with E-state index < -0.39 is 6.10 Å². The van der Waals surface area contributed by atoms with Crippen molar-refractivity contribution in [2.24, 2.45) is 11.8 Å². The maximum absolute atomic E-state index is 11.5. The Balaban J connectivity index is 2.47. The molecule has 2 unspecified atom stereocenters. The average molecular weight is 200 g/mol. The number of aliphatic hydroxyl groups is 1. The second-order valence-electron chi connectivity index (χ2n) is 3.98. The first-order valence-electron chi connectivity index (χ1n) is 5.55. The highest BCUT2D eigenvalue weighted by atomic mass is 16.5. The fraction of sp³-hybridized carbons (Fsp3) is 0.909. The van der Waals surface area contributed by atoms with Crippen LogP contribution >= 0.6 is 0 Å². The lowest BCUT2D eigenvalue weighted by atomic mass is 9.94. The maximum atomic E-state index is 11.5. The zero-order valence-electron chi connectivity index (χ0n) is 9.03.